The molecule has 1 rings (SSSR count). The van der Waals surface area contributed by atoms with E-state index in [2.05, 4.69) is 41.4 Å². The lowest BCUT2D eigenvalue weighted by molar-refractivity contribution is 0.266. The van der Waals surface area contributed by atoms with Crippen molar-refractivity contribution in [2.45, 2.75) is 33.6 Å². The molecule has 0 saturated heterocycles. The maximum Gasteiger partial charge on any atom is 0.134 e. The van der Waals surface area contributed by atoms with Gasteiger partial charge in [0.1, 0.15) is 18.0 Å². The van der Waals surface area contributed by atoms with Gasteiger partial charge in [-0.1, -0.05) is 13.8 Å². The average Bonchev–Trinajstić information content (AvgIpc) is 2.37. The Morgan fingerprint density at radius 2 is 1.89 bits per heavy atom. The molecule has 102 valence electrons. The summed E-state index contributed by atoms with van der Waals surface area (Å²) in [6, 6.07) is 0. The second-order valence-electron chi connectivity index (χ2n) is 4.43. The zero-order valence-electron chi connectivity index (χ0n) is 11.5. The number of aliphatic hydroxyl groups excluding tert-OH is 1. The predicted molar refractivity (Wildman–Crippen MR) is 74.9 cm³/mol. The topological polar surface area (TPSA) is 70.1 Å². The van der Waals surface area contributed by atoms with Crippen molar-refractivity contribution in [2.75, 3.05) is 30.3 Å². The van der Waals surface area contributed by atoms with Crippen molar-refractivity contribution in [1.82, 2.24) is 9.97 Å². The van der Waals surface area contributed by atoms with Crippen LogP contribution in [0.4, 0.5) is 11.6 Å². The van der Waals surface area contributed by atoms with Gasteiger partial charge in [0, 0.05) is 25.3 Å². The molecule has 5 heteroatoms. The third-order valence-corrected chi connectivity index (χ3v) is 2.88. The van der Waals surface area contributed by atoms with E-state index in [9.17, 15) is 0 Å². The van der Waals surface area contributed by atoms with Gasteiger partial charge in [0.05, 0.1) is 0 Å². The maximum atomic E-state index is 8.89. The molecule has 0 aliphatic heterocycles. The van der Waals surface area contributed by atoms with Crippen molar-refractivity contribution >= 4 is 11.6 Å². The average molecular weight is 252 g/mol. The van der Waals surface area contributed by atoms with E-state index >= 15 is 0 Å². The Bertz CT molecular complexity index is 357. The summed E-state index contributed by atoms with van der Waals surface area (Å²) in [5, 5.41) is 15.5. The molecule has 0 aliphatic carbocycles. The summed E-state index contributed by atoms with van der Waals surface area (Å²) >= 11 is 0. The van der Waals surface area contributed by atoms with Crippen LogP contribution in [-0.4, -0.2) is 34.8 Å². The molecule has 0 fully saturated rings. The van der Waals surface area contributed by atoms with Gasteiger partial charge in [-0.3, -0.25) is 0 Å². The highest BCUT2D eigenvalue weighted by atomic mass is 16.3. The first kappa shape index (κ1) is 14.7. The van der Waals surface area contributed by atoms with Crippen LogP contribution in [0, 0.1) is 5.92 Å². The molecule has 1 aromatic heterocycles. The summed E-state index contributed by atoms with van der Waals surface area (Å²) in [6.07, 6.45) is 3.27. The number of hydrogen-bond donors (Lipinski definition) is 3. The molecular weight excluding hydrogens is 228 g/mol. The fourth-order valence-electron chi connectivity index (χ4n) is 1.81. The lowest BCUT2D eigenvalue weighted by atomic mass is 10.1. The first-order valence-electron chi connectivity index (χ1n) is 6.65. The van der Waals surface area contributed by atoms with Gasteiger partial charge in [-0.2, -0.15) is 0 Å². The minimum Gasteiger partial charge on any atom is -0.396 e. The molecule has 0 aromatic carbocycles. The smallest absolute Gasteiger partial charge is 0.134 e. The van der Waals surface area contributed by atoms with Crippen molar-refractivity contribution in [2.24, 2.45) is 5.92 Å². The molecular formula is C13H24N4O. The van der Waals surface area contributed by atoms with Crippen LogP contribution < -0.4 is 10.6 Å². The van der Waals surface area contributed by atoms with Crippen LogP contribution in [0.2, 0.25) is 0 Å². The van der Waals surface area contributed by atoms with E-state index in [1.54, 1.807) is 6.33 Å². The summed E-state index contributed by atoms with van der Waals surface area (Å²) in [5.74, 6) is 2.23. The molecule has 5 nitrogen and oxygen atoms in total. The van der Waals surface area contributed by atoms with E-state index in [1.165, 1.54) is 0 Å². The Labute approximate surface area is 109 Å². The molecule has 1 heterocycles. The summed E-state index contributed by atoms with van der Waals surface area (Å²) in [4.78, 5) is 8.56. The Hall–Kier alpha value is -1.36. The van der Waals surface area contributed by atoms with Crippen LogP contribution in [-0.2, 0) is 6.42 Å². The first-order valence-corrected chi connectivity index (χ1v) is 6.65. The Morgan fingerprint density at radius 1 is 1.22 bits per heavy atom. The van der Waals surface area contributed by atoms with Crippen LogP contribution in [0.25, 0.3) is 0 Å². The predicted octanol–water partition coefficient (Wildman–Crippen LogP) is 1.90. The van der Waals surface area contributed by atoms with E-state index in [4.69, 9.17) is 5.11 Å². The molecule has 18 heavy (non-hydrogen) atoms. The fourth-order valence-corrected chi connectivity index (χ4v) is 1.81. The van der Waals surface area contributed by atoms with E-state index in [0.717, 1.165) is 43.1 Å². The van der Waals surface area contributed by atoms with Crippen molar-refractivity contribution in [1.29, 1.82) is 0 Å². The van der Waals surface area contributed by atoms with Crippen molar-refractivity contribution in [3.05, 3.63) is 11.9 Å². The quantitative estimate of drug-likeness (QED) is 0.659. The van der Waals surface area contributed by atoms with Gasteiger partial charge < -0.3 is 15.7 Å². The van der Waals surface area contributed by atoms with Gasteiger partial charge in [-0.25, -0.2) is 9.97 Å². The van der Waals surface area contributed by atoms with Gasteiger partial charge in [0.15, 0.2) is 0 Å². The summed E-state index contributed by atoms with van der Waals surface area (Å²) in [5.41, 5.74) is 1.12. The summed E-state index contributed by atoms with van der Waals surface area (Å²) < 4.78 is 0. The minimum atomic E-state index is 0.232. The van der Waals surface area contributed by atoms with E-state index in [0.29, 0.717) is 5.92 Å². The van der Waals surface area contributed by atoms with E-state index < -0.39 is 0 Å². The van der Waals surface area contributed by atoms with Crippen molar-refractivity contribution in [3.63, 3.8) is 0 Å². The van der Waals surface area contributed by atoms with Crippen LogP contribution in [0.5, 0.6) is 0 Å². The van der Waals surface area contributed by atoms with Gasteiger partial charge in [-0.05, 0) is 25.7 Å². The number of nitrogens with zero attached hydrogens (tertiary/aromatic N) is 2. The Balaban J connectivity index is 2.72. The molecule has 0 radical (unpaired) electrons. The van der Waals surface area contributed by atoms with E-state index in [1.807, 2.05) is 0 Å². The lowest BCUT2D eigenvalue weighted by Gasteiger charge is -2.16. The lowest BCUT2D eigenvalue weighted by Crippen LogP contribution is -2.16. The largest absolute Gasteiger partial charge is 0.396 e. The number of rotatable bonds is 8. The molecule has 0 aliphatic rings. The molecule has 1 unspecified atom stereocenters. The molecule has 0 bridgehead atoms. The zero-order valence-corrected chi connectivity index (χ0v) is 11.5. The fraction of sp³-hybridized carbons (Fsp3) is 0.692. The highest BCUT2D eigenvalue weighted by Gasteiger charge is 2.09. The molecule has 1 aromatic rings. The zero-order chi connectivity index (χ0) is 13.4. The van der Waals surface area contributed by atoms with E-state index in [-0.39, 0.29) is 6.61 Å². The Kier molecular flexibility index (Phi) is 6.43. The number of anilines is 2. The molecule has 0 amide bonds. The summed E-state index contributed by atoms with van der Waals surface area (Å²) in [6.45, 7) is 8.16. The molecule has 0 spiro atoms. The third kappa shape index (κ3) is 4.14. The normalized spacial score (nSPS) is 12.2. The number of hydrogen-bond acceptors (Lipinski definition) is 5. The number of aliphatic hydroxyl groups is 1. The Morgan fingerprint density at radius 3 is 2.44 bits per heavy atom. The monoisotopic (exact) mass is 252 g/mol. The van der Waals surface area contributed by atoms with Gasteiger partial charge in [-0.15, -0.1) is 0 Å². The van der Waals surface area contributed by atoms with Crippen molar-refractivity contribution in [3.8, 4) is 0 Å². The summed E-state index contributed by atoms with van der Waals surface area (Å²) in [7, 11) is 0. The van der Waals surface area contributed by atoms with Gasteiger partial charge in [0.2, 0.25) is 0 Å². The number of nitrogens with one attached hydrogen (secondary N) is 2. The maximum absolute atomic E-state index is 8.89. The highest BCUT2D eigenvalue weighted by Crippen LogP contribution is 2.20. The van der Waals surface area contributed by atoms with Crippen LogP contribution in [0.15, 0.2) is 6.33 Å². The van der Waals surface area contributed by atoms with Crippen LogP contribution in [0.3, 0.4) is 0 Å². The first-order chi connectivity index (χ1) is 8.72. The van der Waals surface area contributed by atoms with Crippen LogP contribution >= 0.6 is 0 Å². The van der Waals surface area contributed by atoms with Gasteiger partial charge in [0.25, 0.3) is 0 Å². The second kappa shape index (κ2) is 7.87. The third-order valence-electron chi connectivity index (χ3n) is 2.88. The number of aromatic nitrogens is 2. The second-order valence-corrected chi connectivity index (χ2v) is 4.43. The SMILES string of the molecule is CCNc1ncnc(NCC(C)CCO)c1CC. The molecule has 1 atom stereocenters. The molecule has 3 N–H and O–H groups in total. The standard InChI is InChI=1S/C13H24N4O/c1-4-11-12(14-5-2)16-9-17-13(11)15-8-10(3)6-7-18/h9-10,18H,4-8H2,1-3H3,(H2,14,15,16,17). The van der Waals surface area contributed by atoms with Gasteiger partial charge >= 0.3 is 0 Å². The van der Waals surface area contributed by atoms with Crippen LogP contribution in [0.1, 0.15) is 32.8 Å². The highest BCUT2D eigenvalue weighted by molar-refractivity contribution is 5.57. The minimum absolute atomic E-state index is 0.232. The molecule has 0 saturated carbocycles. The van der Waals surface area contributed by atoms with Crippen molar-refractivity contribution < 1.29 is 5.11 Å².